The van der Waals surface area contributed by atoms with E-state index in [1.54, 1.807) is 20.8 Å². The molecule has 0 unspecified atom stereocenters. The number of amides is 1. The van der Waals surface area contributed by atoms with Gasteiger partial charge in [0.25, 0.3) is 0 Å². The molecule has 1 fully saturated rings. The standard InChI is InChI=1S/C16H23F2N3O3S.ClH/c1-16(2,3)21-25(23,24)14-7-13(11(17)6-12(14)18)20-15(22)9-19-8-10-4-5-10;/h6-7,10,19,21H,4-5,8-9H2,1-3H3,(H,20,22);1H. The maximum Gasteiger partial charge on any atom is 0.244 e. The second-order valence-corrected chi connectivity index (χ2v) is 8.89. The molecule has 1 aromatic rings. The van der Waals surface area contributed by atoms with Crippen molar-refractivity contribution in [2.75, 3.05) is 18.4 Å². The van der Waals surface area contributed by atoms with Crippen LogP contribution in [0.25, 0.3) is 0 Å². The molecular weight excluding hydrogens is 388 g/mol. The molecule has 0 atom stereocenters. The van der Waals surface area contributed by atoms with Crippen LogP contribution in [-0.2, 0) is 14.8 Å². The highest BCUT2D eigenvalue weighted by Gasteiger charge is 2.27. The van der Waals surface area contributed by atoms with E-state index >= 15 is 0 Å². The average Bonchev–Trinajstić information content (AvgIpc) is 3.23. The predicted octanol–water partition coefficient (Wildman–Crippen LogP) is 2.40. The van der Waals surface area contributed by atoms with Crippen LogP contribution in [0.15, 0.2) is 17.0 Å². The molecule has 6 nitrogen and oxygen atoms in total. The Kier molecular flexibility index (Phi) is 7.52. The van der Waals surface area contributed by atoms with Crippen LogP contribution >= 0.6 is 12.4 Å². The molecule has 0 spiro atoms. The Morgan fingerprint density at radius 1 is 1.19 bits per heavy atom. The zero-order valence-electron chi connectivity index (χ0n) is 14.9. The molecule has 0 radical (unpaired) electrons. The van der Waals surface area contributed by atoms with Crippen LogP contribution in [0.1, 0.15) is 33.6 Å². The van der Waals surface area contributed by atoms with Gasteiger partial charge in [-0.2, -0.15) is 0 Å². The third kappa shape index (κ3) is 6.79. The molecule has 148 valence electrons. The Bertz CT molecular complexity index is 763. The first kappa shape index (κ1) is 22.8. The quantitative estimate of drug-likeness (QED) is 0.643. The maximum atomic E-state index is 14.0. The number of hydrogen-bond donors (Lipinski definition) is 3. The number of benzene rings is 1. The van der Waals surface area contributed by atoms with E-state index < -0.39 is 38.0 Å². The van der Waals surface area contributed by atoms with Crippen LogP contribution in [0.5, 0.6) is 0 Å². The number of hydrogen-bond acceptors (Lipinski definition) is 4. The fourth-order valence-corrected chi connectivity index (χ4v) is 3.70. The summed E-state index contributed by atoms with van der Waals surface area (Å²) in [6.45, 7) is 5.46. The summed E-state index contributed by atoms with van der Waals surface area (Å²) in [6, 6.07) is 1.24. The molecule has 1 aliphatic carbocycles. The molecule has 1 amide bonds. The van der Waals surface area contributed by atoms with E-state index in [4.69, 9.17) is 0 Å². The van der Waals surface area contributed by atoms with Gasteiger partial charge in [0.05, 0.1) is 12.2 Å². The van der Waals surface area contributed by atoms with Gasteiger partial charge < -0.3 is 10.6 Å². The Morgan fingerprint density at radius 3 is 2.35 bits per heavy atom. The fraction of sp³-hybridized carbons (Fsp3) is 0.562. The van der Waals surface area contributed by atoms with Gasteiger partial charge in [-0.05, 0) is 52.1 Å². The number of halogens is 3. The van der Waals surface area contributed by atoms with Crippen molar-refractivity contribution < 1.29 is 22.0 Å². The fourth-order valence-electron chi connectivity index (χ4n) is 2.20. The smallest absolute Gasteiger partial charge is 0.244 e. The van der Waals surface area contributed by atoms with Crippen molar-refractivity contribution in [3.8, 4) is 0 Å². The van der Waals surface area contributed by atoms with Crippen LogP contribution in [0.4, 0.5) is 14.5 Å². The molecule has 0 saturated heterocycles. The van der Waals surface area contributed by atoms with Gasteiger partial charge in [-0.1, -0.05) is 0 Å². The highest BCUT2D eigenvalue weighted by atomic mass is 35.5. The number of anilines is 1. The van der Waals surface area contributed by atoms with Crippen molar-refractivity contribution in [3.05, 3.63) is 23.8 Å². The average molecular weight is 412 g/mol. The van der Waals surface area contributed by atoms with E-state index in [2.05, 4.69) is 15.4 Å². The van der Waals surface area contributed by atoms with Gasteiger partial charge in [0.2, 0.25) is 15.9 Å². The third-order valence-corrected chi connectivity index (χ3v) is 5.21. The lowest BCUT2D eigenvalue weighted by molar-refractivity contribution is -0.115. The molecule has 1 aromatic carbocycles. The molecule has 26 heavy (non-hydrogen) atoms. The molecule has 0 aromatic heterocycles. The van der Waals surface area contributed by atoms with E-state index in [9.17, 15) is 22.0 Å². The number of carbonyl (C=O) groups excluding carboxylic acids is 1. The van der Waals surface area contributed by atoms with Crippen molar-refractivity contribution in [2.45, 2.75) is 44.0 Å². The topological polar surface area (TPSA) is 87.3 Å². The lowest BCUT2D eigenvalue weighted by Crippen LogP contribution is -2.40. The summed E-state index contributed by atoms with van der Waals surface area (Å²) >= 11 is 0. The second kappa shape index (κ2) is 8.60. The molecular formula is C16H24ClF2N3O3S. The van der Waals surface area contributed by atoms with E-state index in [-0.39, 0.29) is 24.6 Å². The van der Waals surface area contributed by atoms with E-state index in [0.717, 1.165) is 18.9 Å². The van der Waals surface area contributed by atoms with Gasteiger partial charge >= 0.3 is 0 Å². The Labute approximate surface area is 158 Å². The molecule has 0 aliphatic heterocycles. The highest BCUT2D eigenvalue weighted by molar-refractivity contribution is 7.89. The van der Waals surface area contributed by atoms with Crippen molar-refractivity contribution in [1.82, 2.24) is 10.0 Å². The van der Waals surface area contributed by atoms with Crippen LogP contribution in [0, 0.1) is 17.6 Å². The highest BCUT2D eigenvalue weighted by Crippen LogP contribution is 2.27. The maximum absolute atomic E-state index is 14.0. The zero-order valence-corrected chi connectivity index (χ0v) is 16.5. The monoisotopic (exact) mass is 411 g/mol. The normalized spacial score (nSPS) is 14.7. The molecule has 10 heteroatoms. The summed E-state index contributed by atoms with van der Waals surface area (Å²) in [6.07, 6.45) is 2.26. The number of nitrogens with one attached hydrogen (secondary N) is 3. The largest absolute Gasteiger partial charge is 0.322 e. The van der Waals surface area contributed by atoms with Crippen LogP contribution in [-0.4, -0.2) is 33.0 Å². The lowest BCUT2D eigenvalue weighted by Gasteiger charge is -2.21. The molecule has 0 bridgehead atoms. The summed E-state index contributed by atoms with van der Waals surface area (Å²) in [7, 11) is -4.20. The van der Waals surface area contributed by atoms with Gasteiger partial charge in [0.15, 0.2) is 0 Å². The van der Waals surface area contributed by atoms with Crippen LogP contribution < -0.4 is 15.4 Å². The number of sulfonamides is 1. The first-order valence-electron chi connectivity index (χ1n) is 8.01. The first-order chi connectivity index (χ1) is 11.5. The Hall–Kier alpha value is -1.29. The lowest BCUT2D eigenvalue weighted by atomic mass is 10.1. The molecule has 0 heterocycles. The summed E-state index contributed by atoms with van der Waals surface area (Å²) in [5.41, 5.74) is -1.22. The molecule has 2 rings (SSSR count). The molecule has 1 saturated carbocycles. The van der Waals surface area contributed by atoms with Crippen LogP contribution in [0.3, 0.4) is 0 Å². The number of carbonyl (C=O) groups is 1. The summed E-state index contributed by atoms with van der Waals surface area (Å²) in [5, 5.41) is 5.21. The second-order valence-electron chi connectivity index (χ2n) is 7.24. The number of rotatable bonds is 7. The van der Waals surface area contributed by atoms with E-state index in [1.165, 1.54) is 0 Å². The van der Waals surface area contributed by atoms with Crippen LogP contribution in [0.2, 0.25) is 0 Å². The van der Waals surface area contributed by atoms with Gasteiger partial charge in [0.1, 0.15) is 16.5 Å². The molecule has 3 N–H and O–H groups in total. The van der Waals surface area contributed by atoms with Crippen molar-refractivity contribution in [2.24, 2.45) is 5.92 Å². The van der Waals surface area contributed by atoms with Gasteiger partial charge in [-0.3, -0.25) is 4.79 Å². The first-order valence-corrected chi connectivity index (χ1v) is 9.50. The summed E-state index contributed by atoms with van der Waals surface area (Å²) in [5.74, 6) is -2.21. The summed E-state index contributed by atoms with van der Waals surface area (Å²) in [4.78, 5) is 11.1. The van der Waals surface area contributed by atoms with Crippen molar-refractivity contribution >= 4 is 34.0 Å². The van der Waals surface area contributed by atoms with Gasteiger partial charge in [-0.25, -0.2) is 21.9 Å². The SMILES string of the molecule is CC(C)(C)NS(=O)(=O)c1cc(NC(=O)CNCC2CC2)c(F)cc1F.Cl. The Balaban J connectivity index is 0.00000338. The molecule has 1 aliphatic rings. The predicted molar refractivity (Wildman–Crippen MR) is 97.9 cm³/mol. The van der Waals surface area contributed by atoms with Crippen molar-refractivity contribution in [3.63, 3.8) is 0 Å². The van der Waals surface area contributed by atoms with Gasteiger partial charge in [0, 0.05) is 11.6 Å². The zero-order chi connectivity index (χ0) is 18.8. The van der Waals surface area contributed by atoms with Crippen molar-refractivity contribution in [1.29, 1.82) is 0 Å². The van der Waals surface area contributed by atoms with Gasteiger partial charge in [-0.15, -0.1) is 12.4 Å². The third-order valence-electron chi connectivity index (χ3n) is 3.44. The minimum absolute atomic E-state index is 0. The minimum Gasteiger partial charge on any atom is -0.322 e. The summed E-state index contributed by atoms with van der Waals surface area (Å²) < 4.78 is 54.7. The van der Waals surface area contributed by atoms with E-state index in [0.29, 0.717) is 18.5 Å². The minimum atomic E-state index is -4.20. The Morgan fingerprint density at radius 2 is 1.81 bits per heavy atom. The van der Waals surface area contributed by atoms with E-state index in [1.807, 2.05) is 0 Å².